The zero-order chi connectivity index (χ0) is 19.7. The van der Waals surface area contributed by atoms with Crippen LogP contribution in [0.25, 0.3) is 0 Å². The number of phenols is 2. The lowest BCUT2D eigenvalue weighted by Crippen LogP contribution is -2.44. The van der Waals surface area contributed by atoms with E-state index in [2.05, 4.69) is 0 Å². The molecule has 2 heterocycles. The molecule has 2 aliphatic rings. The summed E-state index contributed by atoms with van der Waals surface area (Å²) in [6, 6.07) is 12.9. The molecule has 8 heteroatoms. The molecule has 2 aliphatic heterocycles. The highest BCUT2D eigenvalue weighted by Crippen LogP contribution is 2.39. The standard InChI is InChI=1S/C20H22O8/c21-9-15(24)17-18(28-20(27-17)12-3-7-14(23)8-4-12)16-10-25-19(26-16)11-1-5-13(22)6-2-11/h1-8,15-24H,9-10H2/t15-,16+,17-,18-,19?,20?/m0/s1. The maximum atomic E-state index is 10.2. The Morgan fingerprint density at radius 1 is 0.821 bits per heavy atom. The van der Waals surface area contributed by atoms with E-state index in [4.69, 9.17) is 18.9 Å². The van der Waals surface area contributed by atoms with Crippen molar-refractivity contribution in [1.82, 2.24) is 0 Å². The minimum Gasteiger partial charge on any atom is -0.508 e. The summed E-state index contributed by atoms with van der Waals surface area (Å²) in [5.74, 6) is 0.267. The highest BCUT2D eigenvalue weighted by atomic mass is 16.8. The predicted molar refractivity (Wildman–Crippen MR) is 95.4 cm³/mol. The van der Waals surface area contributed by atoms with Crippen LogP contribution in [-0.4, -0.2) is 58.1 Å². The van der Waals surface area contributed by atoms with Crippen molar-refractivity contribution in [2.45, 2.75) is 37.0 Å². The molecular weight excluding hydrogens is 368 g/mol. The Kier molecular flexibility index (Phi) is 5.49. The average molecular weight is 390 g/mol. The molecule has 2 aromatic carbocycles. The average Bonchev–Trinajstić information content (AvgIpc) is 3.36. The molecule has 0 radical (unpaired) electrons. The quantitative estimate of drug-likeness (QED) is 0.604. The molecule has 4 N–H and O–H groups in total. The van der Waals surface area contributed by atoms with E-state index in [1.165, 1.54) is 12.1 Å². The van der Waals surface area contributed by atoms with Gasteiger partial charge in [0.25, 0.3) is 0 Å². The summed E-state index contributed by atoms with van der Waals surface area (Å²) in [6.07, 6.45) is -4.54. The Bertz CT molecular complexity index is 778. The smallest absolute Gasteiger partial charge is 0.184 e. The Labute approximate surface area is 161 Å². The van der Waals surface area contributed by atoms with Crippen LogP contribution in [0, 0.1) is 0 Å². The molecule has 0 saturated carbocycles. The maximum absolute atomic E-state index is 10.2. The van der Waals surface area contributed by atoms with Crippen molar-refractivity contribution in [2.24, 2.45) is 0 Å². The van der Waals surface area contributed by atoms with Crippen molar-refractivity contribution in [3.8, 4) is 11.5 Å². The molecule has 0 bridgehead atoms. The molecule has 2 unspecified atom stereocenters. The number of hydrogen-bond donors (Lipinski definition) is 4. The third-order valence-corrected chi connectivity index (χ3v) is 4.86. The Balaban J connectivity index is 1.49. The third kappa shape index (κ3) is 3.83. The summed E-state index contributed by atoms with van der Waals surface area (Å²) < 4.78 is 23.5. The van der Waals surface area contributed by atoms with Gasteiger partial charge in [0.05, 0.1) is 13.2 Å². The number of hydrogen-bond acceptors (Lipinski definition) is 8. The molecule has 2 aromatic rings. The van der Waals surface area contributed by atoms with Gasteiger partial charge in [-0.2, -0.15) is 0 Å². The van der Waals surface area contributed by atoms with E-state index in [9.17, 15) is 20.4 Å². The molecule has 150 valence electrons. The molecule has 0 aromatic heterocycles. The van der Waals surface area contributed by atoms with Crippen molar-refractivity contribution in [2.75, 3.05) is 13.2 Å². The molecule has 4 rings (SSSR count). The number of rotatable bonds is 5. The molecule has 0 amide bonds. The molecule has 2 saturated heterocycles. The van der Waals surface area contributed by atoms with Gasteiger partial charge >= 0.3 is 0 Å². The van der Waals surface area contributed by atoms with E-state index >= 15 is 0 Å². The first kappa shape index (κ1) is 19.1. The van der Waals surface area contributed by atoms with E-state index in [0.717, 1.165) is 5.56 Å². The number of aromatic hydroxyl groups is 2. The normalized spacial score (nSPS) is 31.1. The monoisotopic (exact) mass is 390 g/mol. The lowest BCUT2D eigenvalue weighted by atomic mass is 10.0. The maximum Gasteiger partial charge on any atom is 0.184 e. The number of phenolic OH excluding ortho intramolecular Hbond substituents is 2. The summed E-state index contributed by atoms with van der Waals surface area (Å²) in [4.78, 5) is 0. The topological polar surface area (TPSA) is 118 Å². The van der Waals surface area contributed by atoms with E-state index in [0.29, 0.717) is 5.56 Å². The Morgan fingerprint density at radius 2 is 1.39 bits per heavy atom. The van der Waals surface area contributed by atoms with Crippen LogP contribution in [-0.2, 0) is 18.9 Å². The van der Waals surface area contributed by atoms with Crippen molar-refractivity contribution in [1.29, 1.82) is 0 Å². The summed E-state index contributed by atoms with van der Waals surface area (Å²) in [6.45, 7) is -0.266. The lowest BCUT2D eigenvalue weighted by molar-refractivity contribution is -0.107. The minimum atomic E-state index is -1.15. The van der Waals surface area contributed by atoms with Gasteiger partial charge in [0.2, 0.25) is 0 Å². The molecule has 0 aliphatic carbocycles. The van der Waals surface area contributed by atoms with Crippen LogP contribution in [0.3, 0.4) is 0 Å². The van der Waals surface area contributed by atoms with Crippen LogP contribution < -0.4 is 0 Å². The first-order valence-corrected chi connectivity index (χ1v) is 9.00. The second-order valence-corrected chi connectivity index (χ2v) is 6.81. The van der Waals surface area contributed by atoms with Crippen LogP contribution in [0.4, 0.5) is 0 Å². The first-order chi connectivity index (χ1) is 13.5. The third-order valence-electron chi connectivity index (χ3n) is 4.86. The highest BCUT2D eigenvalue weighted by Gasteiger charge is 2.48. The Hall–Kier alpha value is -2.20. The minimum absolute atomic E-state index is 0.120. The first-order valence-electron chi connectivity index (χ1n) is 9.00. The van der Waals surface area contributed by atoms with Crippen LogP contribution >= 0.6 is 0 Å². The van der Waals surface area contributed by atoms with Gasteiger partial charge < -0.3 is 39.4 Å². The summed E-state index contributed by atoms with van der Waals surface area (Å²) in [7, 11) is 0. The molecule has 6 atom stereocenters. The van der Waals surface area contributed by atoms with Crippen LogP contribution in [0.2, 0.25) is 0 Å². The summed E-state index contributed by atoms with van der Waals surface area (Å²) in [5.41, 5.74) is 1.41. The summed E-state index contributed by atoms with van der Waals surface area (Å²) in [5, 5.41) is 38.4. The molecular formula is C20H22O8. The van der Waals surface area contributed by atoms with Crippen LogP contribution in [0.15, 0.2) is 48.5 Å². The van der Waals surface area contributed by atoms with E-state index in [1.54, 1.807) is 36.4 Å². The fraction of sp³-hybridized carbons (Fsp3) is 0.400. The second-order valence-electron chi connectivity index (χ2n) is 6.81. The van der Waals surface area contributed by atoms with Gasteiger partial charge in [-0.1, -0.05) is 24.3 Å². The number of benzene rings is 2. The van der Waals surface area contributed by atoms with Crippen molar-refractivity contribution in [3.05, 3.63) is 59.7 Å². The largest absolute Gasteiger partial charge is 0.508 e. The number of aliphatic hydroxyl groups excluding tert-OH is 2. The van der Waals surface area contributed by atoms with Gasteiger partial charge in [0, 0.05) is 11.1 Å². The highest BCUT2D eigenvalue weighted by molar-refractivity contribution is 5.28. The van der Waals surface area contributed by atoms with E-state index in [-0.39, 0.29) is 18.1 Å². The van der Waals surface area contributed by atoms with Crippen LogP contribution in [0.1, 0.15) is 23.7 Å². The molecule has 2 fully saturated rings. The zero-order valence-electron chi connectivity index (χ0n) is 14.9. The SMILES string of the molecule is OC[C@H](O)[C@@H]1OC(c2ccc(O)cc2)O[C@H]1[C@H]1COC(c2ccc(O)cc2)O1. The van der Waals surface area contributed by atoms with Gasteiger partial charge in [-0.3, -0.25) is 0 Å². The number of aliphatic hydroxyl groups is 2. The Morgan fingerprint density at radius 3 is 1.96 bits per heavy atom. The van der Waals surface area contributed by atoms with E-state index < -0.39 is 43.6 Å². The predicted octanol–water partition coefficient (Wildman–Crippen LogP) is 1.35. The fourth-order valence-corrected chi connectivity index (χ4v) is 3.37. The second kappa shape index (κ2) is 8.04. The zero-order valence-corrected chi connectivity index (χ0v) is 14.9. The van der Waals surface area contributed by atoms with Crippen molar-refractivity contribution >= 4 is 0 Å². The van der Waals surface area contributed by atoms with Crippen LogP contribution in [0.5, 0.6) is 11.5 Å². The number of ether oxygens (including phenoxy) is 4. The van der Waals surface area contributed by atoms with Gasteiger partial charge in [-0.25, -0.2) is 0 Å². The van der Waals surface area contributed by atoms with E-state index in [1.807, 2.05) is 0 Å². The molecule has 0 spiro atoms. The van der Waals surface area contributed by atoms with Gasteiger partial charge in [-0.05, 0) is 24.3 Å². The van der Waals surface area contributed by atoms with Gasteiger partial charge in [0.1, 0.15) is 35.9 Å². The van der Waals surface area contributed by atoms with Crippen molar-refractivity contribution < 1.29 is 39.4 Å². The van der Waals surface area contributed by atoms with Gasteiger partial charge in [-0.15, -0.1) is 0 Å². The molecule has 28 heavy (non-hydrogen) atoms. The van der Waals surface area contributed by atoms with Gasteiger partial charge in [0.15, 0.2) is 12.6 Å². The van der Waals surface area contributed by atoms with Crippen molar-refractivity contribution in [3.63, 3.8) is 0 Å². The molecule has 8 nitrogen and oxygen atoms in total. The fourth-order valence-electron chi connectivity index (χ4n) is 3.37. The summed E-state index contributed by atoms with van der Waals surface area (Å²) >= 11 is 0. The lowest BCUT2D eigenvalue weighted by Gasteiger charge is -2.24.